The fraction of sp³-hybridized carbons (Fsp3) is 0.304. The summed E-state index contributed by atoms with van der Waals surface area (Å²) in [6, 6.07) is 11.6. The third kappa shape index (κ3) is 4.16. The van der Waals surface area contributed by atoms with Crippen molar-refractivity contribution in [3.63, 3.8) is 0 Å². The number of carbonyl (C=O) groups is 2. The fourth-order valence-electron chi connectivity index (χ4n) is 3.49. The van der Waals surface area contributed by atoms with E-state index in [4.69, 9.17) is 4.74 Å². The zero-order chi connectivity index (χ0) is 21.0. The molecule has 1 aliphatic heterocycles. The number of amides is 1. The number of aliphatic hydroxyl groups excluding tert-OH is 1. The van der Waals surface area contributed by atoms with E-state index in [-0.39, 0.29) is 16.9 Å². The van der Waals surface area contributed by atoms with Gasteiger partial charge in [0.1, 0.15) is 17.3 Å². The number of Topliss-reactive ketones (excluding diaryl/α,β-unsaturated/α-hetero) is 1. The van der Waals surface area contributed by atoms with Crippen molar-refractivity contribution in [1.82, 2.24) is 4.90 Å². The van der Waals surface area contributed by atoms with Gasteiger partial charge < -0.3 is 14.7 Å². The lowest BCUT2D eigenvalue weighted by Gasteiger charge is -2.25. The van der Waals surface area contributed by atoms with Crippen molar-refractivity contribution in [1.29, 1.82) is 0 Å². The number of hydrogen-bond acceptors (Lipinski definition) is 4. The topological polar surface area (TPSA) is 66.8 Å². The quantitative estimate of drug-likeness (QED) is 0.426. The second-order valence-electron chi connectivity index (χ2n) is 6.86. The lowest BCUT2D eigenvalue weighted by atomic mass is 9.95. The van der Waals surface area contributed by atoms with E-state index in [1.807, 2.05) is 13.8 Å². The predicted molar refractivity (Wildman–Crippen MR) is 108 cm³/mol. The highest BCUT2D eigenvalue weighted by Gasteiger charge is 2.45. The lowest BCUT2D eigenvalue weighted by Crippen LogP contribution is -2.30. The predicted octanol–water partition coefficient (Wildman–Crippen LogP) is 4.45. The van der Waals surface area contributed by atoms with Gasteiger partial charge in [-0.05, 0) is 55.3 Å². The van der Waals surface area contributed by atoms with Gasteiger partial charge in [0, 0.05) is 12.1 Å². The van der Waals surface area contributed by atoms with E-state index in [1.54, 1.807) is 24.3 Å². The Balaban J connectivity index is 2.14. The maximum Gasteiger partial charge on any atom is 0.295 e. The van der Waals surface area contributed by atoms with Gasteiger partial charge >= 0.3 is 0 Å². The van der Waals surface area contributed by atoms with Gasteiger partial charge in [0.25, 0.3) is 11.7 Å². The first-order valence-corrected chi connectivity index (χ1v) is 9.75. The molecule has 0 aromatic heterocycles. The molecule has 152 valence electrons. The molecule has 0 spiro atoms. The fourth-order valence-corrected chi connectivity index (χ4v) is 3.49. The number of ether oxygens (including phenoxy) is 1. The first kappa shape index (κ1) is 20.6. The summed E-state index contributed by atoms with van der Waals surface area (Å²) in [6.45, 7) is 4.74. The van der Waals surface area contributed by atoms with Crippen LogP contribution < -0.4 is 4.74 Å². The Kier molecular flexibility index (Phi) is 6.32. The van der Waals surface area contributed by atoms with E-state index in [0.717, 1.165) is 12.8 Å². The zero-order valence-corrected chi connectivity index (χ0v) is 16.5. The number of ketones is 1. The van der Waals surface area contributed by atoms with Crippen LogP contribution in [0, 0.1) is 5.82 Å². The van der Waals surface area contributed by atoms with Crippen LogP contribution in [-0.2, 0) is 9.59 Å². The molecule has 29 heavy (non-hydrogen) atoms. The number of nitrogens with zero attached hydrogens (tertiary/aromatic N) is 1. The molecule has 5 nitrogen and oxygen atoms in total. The molecule has 2 aromatic carbocycles. The van der Waals surface area contributed by atoms with Crippen molar-refractivity contribution in [2.75, 3.05) is 13.2 Å². The van der Waals surface area contributed by atoms with Gasteiger partial charge in [0.15, 0.2) is 0 Å². The van der Waals surface area contributed by atoms with E-state index in [9.17, 15) is 19.1 Å². The molecule has 0 aliphatic carbocycles. The number of carbonyl (C=O) groups excluding carboxylic acids is 2. The molecular weight excluding hydrogens is 373 g/mol. The van der Waals surface area contributed by atoms with Crippen LogP contribution in [0.25, 0.3) is 5.76 Å². The van der Waals surface area contributed by atoms with Gasteiger partial charge in [-0.25, -0.2) is 4.39 Å². The van der Waals surface area contributed by atoms with Crippen LogP contribution in [0.15, 0.2) is 54.1 Å². The summed E-state index contributed by atoms with van der Waals surface area (Å²) in [7, 11) is 0. The van der Waals surface area contributed by atoms with Gasteiger partial charge in [-0.15, -0.1) is 0 Å². The number of benzene rings is 2. The van der Waals surface area contributed by atoms with Gasteiger partial charge in [-0.2, -0.15) is 0 Å². The molecule has 1 unspecified atom stereocenters. The van der Waals surface area contributed by atoms with E-state index in [2.05, 4.69) is 0 Å². The Hall–Kier alpha value is -3.15. The molecule has 1 amide bonds. The molecule has 0 radical (unpaired) electrons. The molecule has 6 heteroatoms. The first-order chi connectivity index (χ1) is 14.0. The van der Waals surface area contributed by atoms with Crippen LogP contribution >= 0.6 is 0 Å². The van der Waals surface area contributed by atoms with Crippen LogP contribution in [0.3, 0.4) is 0 Å². The van der Waals surface area contributed by atoms with Crippen molar-refractivity contribution in [2.24, 2.45) is 0 Å². The Labute approximate surface area is 169 Å². The van der Waals surface area contributed by atoms with Crippen LogP contribution in [0.4, 0.5) is 4.39 Å². The standard InChI is InChI=1S/C23H24FNO4/c1-3-5-13-25-20(16-7-6-8-18(14-16)29-4-2)19(22(27)23(25)28)21(26)15-9-11-17(24)12-10-15/h6-12,14,20,26H,3-5,13H2,1-2H3/b21-19-. The summed E-state index contributed by atoms with van der Waals surface area (Å²) in [5, 5.41) is 10.9. The summed E-state index contributed by atoms with van der Waals surface area (Å²) in [6.07, 6.45) is 1.58. The highest BCUT2D eigenvalue weighted by Crippen LogP contribution is 2.40. The molecule has 3 rings (SSSR count). The largest absolute Gasteiger partial charge is 0.507 e. The molecule has 1 fully saturated rings. The van der Waals surface area contributed by atoms with Gasteiger partial charge in [0.2, 0.25) is 0 Å². The Morgan fingerprint density at radius 2 is 1.86 bits per heavy atom. The van der Waals surface area contributed by atoms with E-state index in [1.165, 1.54) is 29.2 Å². The smallest absolute Gasteiger partial charge is 0.295 e. The van der Waals surface area contributed by atoms with Crippen LogP contribution in [0.1, 0.15) is 43.9 Å². The third-order valence-corrected chi connectivity index (χ3v) is 4.90. The maximum absolute atomic E-state index is 13.3. The van der Waals surface area contributed by atoms with Crippen molar-refractivity contribution in [3.8, 4) is 5.75 Å². The second kappa shape index (κ2) is 8.90. The molecule has 1 saturated heterocycles. The molecule has 1 N–H and O–H groups in total. The normalized spacial score (nSPS) is 18.3. The average Bonchev–Trinajstić information content (AvgIpc) is 2.97. The van der Waals surface area contributed by atoms with E-state index in [0.29, 0.717) is 24.5 Å². The van der Waals surface area contributed by atoms with E-state index < -0.39 is 23.5 Å². The van der Waals surface area contributed by atoms with Crippen molar-refractivity contribution in [2.45, 2.75) is 32.7 Å². The number of aliphatic hydroxyl groups is 1. The van der Waals surface area contributed by atoms with Gasteiger partial charge in [0.05, 0.1) is 18.2 Å². The maximum atomic E-state index is 13.3. The Morgan fingerprint density at radius 3 is 2.52 bits per heavy atom. The van der Waals surface area contributed by atoms with Gasteiger partial charge in [-0.3, -0.25) is 9.59 Å². The lowest BCUT2D eigenvalue weighted by molar-refractivity contribution is -0.139. The highest BCUT2D eigenvalue weighted by atomic mass is 19.1. The number of hydrogen-bond donors (Lipinski definition) is 1. The minimum Gasteiger partial charge on any atom is -0.507 e. The molecule has 0 bridgehead atoms. The first-order valence-electron chi connectivity index (χ1n) is 9.75. The number of likely N-dealkylation sites (tertiary alicyclic amines) is 1. The van der Waals surface area contributed by atoms with Crippen LogP contribution in [0.5, 0.6) is 5.75 Å². The van der Waals surface area contributed by atoms with Crippen molar-refractivity contribution >= 4 is 17.4 Å². The van der Waals surface area contributed by atoms with Crippen LogP contribution in [0.2, 0.25) is 0 Å². The number of rotatable bonds is 7. The van der Waals surface area contributed by atoms with Gasteiger partial charge in [-0.1, -0.05) is 25.5 Å². The monoisotopic (exact) mass is 397 g/mol. The van der Waals surface area contributed by atoms with Crippen molar-refractivity contribution in [3.05, 3.63) is 71.0 Å². The van der Waals surface area contributed by atoms with E-state index >= 15 is 0 Å². The molecular formula is C23H24FNO4. The minimum absolute atomic E-state index is 0.00589. The second-order valence-corrected chi connectivity index (χ2v) is 6.86. The summed E-state index contributed by atoms with van der Waals surface area (Å²) in [5.41, 5.74) is 0.965. The third-order valence-electron chi connectivity index (χ3n) is 4.90. The minimum atomic E-state index is -0.741. The zero-order valence-electron chi connectivity index (χ0n) is 16.5. The SMILES string of the molecule is CCCCN1C(=O)C(=O)/C(=C(\O)c2ccc(F)cc2)C1c1cccc(OCC)c1. The number of unbranched alkanes of at least 4 members (excludes halogenated alkanes) is 1. The number of halogens is 1. The molecule has 1 heterocycles. The highest BCUT2D eigenvalue weighted by molar-refractivity contribution is 6.46. The summed E-state index contributed by atoms with van der Waals surface area (Å²) in [4.78, 5) is 27.1. The Bertz CT molecular complexity index is 936. The Morgan fingerprint density at radius 1 is 1.14 bits per heavy atom. The molecule has 1 aliphatic rings. The molecule has 1 atom stereocenters. The average molecular weight is 397 g/mol. The summed E-state index contributed by atoms with van der Waals surface area (Å²) < 4.78 is 18.8. The molecule has 0 saturated carbocycles. The molecule has 2 aromatic rings. The summed E-state index contributed by atoms with van der Waals surface area (Å²) in [5.74, 6) is -1.53. The van der Waals surface area contributed by atoms with Crippen molar-refractivity contribution < 1.29 is 23.8 Å². The summed E-state index contributed by atoms with van der Waals surface area (Å²) >= 11 is 0. The van der Waals surface area contributed by atoms with Crippen LogP contribution in [-0.4, -0.2) is 34.8 Å².